The van der Waals surface area contributed by atoms with Gasteiger partial charge in [0.15, 0.2) is 5.16 Å². The highest BCUT2D eigenvalue weighted by Crippen LogP contribution is 2.17. The largest absolute Gasteiger partial charge is 0.465 e. The van der Waals surface area contributed by atoms with Crippen LogP contribution >= 0.6 is 11.8 Å². The molecule has 2 aromatic carbocycles. The Kier molecular flexibility index (Phi) is 7.39. The van der Waals surface area contributed by atoms with Crippen molar-refractivity contribution in [3.8, 4) is 0 Å². The number of hydrogen-bond donors (Lipinski definition) is 2. The maximum absolute atomic E-state index is 12.2. The number of para-hydroxylation sites is 1. The van der Waals surface area contributed by atoms with Gasteiger partial charge in [0, 0.05) is 18.4 Å². The predicted octanol–water partition coefficient (Wildman–Crippen LogP) is 2.51. The highest BCUT2D eigenvalue weighted by molar-refractivity contribution is 7.99. The summed E-state index contributed by atoms with van der Waals surface area (Å²) in [5, 5.41) is 14.2. The molecule has 0 spiro atoms. The lowest BCUT2D eigenvalue weighted by molar-refractivity contribution is -0.116. The number of hydrogen-bond acceptors (Lipinski definition) is 7. The van der Waals surface area contributed by atoms with Crippen LogP contribution in [0.15, 0.2) is 59.8 Å². The van der Waals surface area contributed by atoms with Crippen LogP contribution in [0.25, 0.3) is 0 Å². The summed E-state index contributed by atoms with van der Waals surface area (Å²) in [6.07, 6.45) is 0.0672. The summed E-state index contributed by atoms with van der Waals surface area (Å²) in [6.45, 7) is 0. The molecule has 1 heterocycles. The summed E-state index contributed by atoms with van der Waals surface area (Å²) < 4.78 is 6.33. The second-order valence-electron chi connectivity index (χ2n) is 6.45. The molecule has 2 amide bonds. The Balaban J connectivity index is 1.50. The zero-order valence-corrected chi connectivity index (χ0v) is 17.8. The van der Waals surface area contributed by atoms with Gasteiger partial charge in [-0.05, 0) is 36.4 Å². The number of benzene rings is 2. The minimum absolute atomic E-state index is 0.0672. The van der Waals surface area contributed by atoms with E-state index in [1.54, 1.807) is 48.0 Å². The molecule has 0 bridgehead atoms. The molecular formula is C21H21N5O4S. The molecule has 3 aromatic rings. The third kappa shape index (κ3) is 6.16. The molecule has 0 fully saturated rings. The number of nitrogens with zero attached hydrogens (tertiary/aromatic N) is 3. The monoisotopic (exact) mass is 439 g/mol. The third-order valence-corrected chi connectivity index (χ3v) is 5.24. The van der Waals surface area contributed by atoms with Gasteiger partial charge >= 0.3 is 5.97 Å². The van der Waals surface area contributed by atoms with Gasteiger partial charge in [0.25, 0.3) is 0 Å². The second-order valence-corrected chi connectivity index (χ2v) is 7.40. The number of thioether (sulfide) groups is 1. The molecule has 3 rings (SSSR count). The maximum Gasteiger partial charge on any atom is 0.337 e. The number of nitrogens with one attached hydrogen (secondary N) is 2. The van der Waals surface area contributed by atoms with Gasteiger partial charge in [-0.15, -0.1) is 10.2 Å². The fraction of sp³-hybridized carbons (Fsp3) is 0.190. The van der Waals surface area contributed by atoms with Crippen molar-refractivity contribution >= 4 is 40.9 Å². The summed E-state index contributed by atoms with van der Waals surface area (Å²) in [7, 11) is 3.06. The van der Waals surface area contributed by atoms with E-state index in [0.717, 1.165) is 0 Å². The first-order chi connectivity index (χ1) is 15.0. The number of rotatable bonds is 8. The zero-order chi connectivity index (χ0) is 22.2. The topological polar surface area (TPSA) is 115 Å². The van der Waals surface area contributed by atoms with Gasteiger partial charge in [-0.1, -0.05) is 30.0 Å². The van der Waals surface area contributed by atoms with E-state index in [2.05, 4.69) is 25.6 Å². The lowest BCUT2D eigenvalue weighted by atomic mass is 10.2. The summed E-state index contributed by atoms with van der Waals surface area (Å²) in [5.41, 5.74) is 1.67. The van der Waals surface area contributed by atoms with Crippen molar-refractivity contribution in [2.45, 2.75) is 11.6 Å². The number of ether oxygens (including phenoxy) is 1. The third-order valence-electron chi connectivity index (χ3n) is 4.22. The van der Waals surface area contributed by atoms with Gasteiger partial charge in [-0.3, -0.25) is 9.59 Å². The number of aromatic nitrogens is 3. The second kappa shape index (κ2) is 10.4. The van der Waals surface area contributed by atoms with Crippen LogP contribution in [-0.2, 0) is 27.8 Å². The van der Waals surface area contributed by atoms with Crippen LogP contribution in [0.1, 0.15) is 16.2 Å². The molecule has 0 aliphatic heterocycles. The molecule has 31 heavy (non-hydrogen) atoms. The number of carbonyl (C=O) groups is 3. The molecule has 0 aliphatic rings. The van der Waals surface area contributed by atoms with Crippen LogP contribution < -0.4 is 10.6 Å². The maximum atomic E-state index is 12.2. The number of anilines is 2. The lowest BCUT2D eigenvalue weighted by Crippen LogP contribution is -2.17. The molecule has 0 unspecified atom stereocenters. The number of amides is 2. The molecule has 9 nitrogen and oxygen atoms in total. The van der Waals surface area contributed by atoms with E-state index >= 15 is 0 Å². The standard InChI is InChI=1S/C21H21N5O4S/c1-26-17(12-18(27)22-15-6-4-3-5-7-15)24-25-21(26)31-13-19(28)23-16-10-8-14(9-11-16)20(29)30-2/h3-11H,12-13H2,1-2H3,(H,22,27)(H,23,28). The first kappa shape index (κ1) is 22.0. The highest BCUT2D eigenvalue weighted by atomic mass is 32.2. The molecule has 0 atom stereocenters. The van der Waals surface area contributed by atoms with Gasteiger partial charge in [-0.2, -0.15) is 0 Å². The van der Waals surface area contributed by atoms with Crippen molar-refractivity contribution < 1.29 is 19.1 Å². The van der Waals surface area contributed by atoms with Gasteiger partial charge < -0.3 is 19.9 Å². The van der Waals surface area contributed by atoms with Gasteiger partial charge in [-0.25, -0.2) is 4.79 Å². The van der Waals surface area contributed by atoms with Crippen molar-refractivity contribution in [2.75, 3.05) is 23.5 Å². The van der Waals surface area contributed by atoms with E-state index in [4.69, 9.17) is 0 Å². The first-order valence-corrected chi connectivity index (χ1v) is 10.3. The summed E-state index contributed by atoms with van der Waals surface area (Å²) in [4.78, 5) is 35.9. The van der Waals surface area contributed by atoms with E-state index in [0.29, 0.717) is 27.9 Å². The van der Waals surface area contributed by atoms with Crippen LogP contribution in [-0.4, -0.2) is 45.4 Å². The number of esters is 1. The van der Waals surface area contributed by atoms with Crippen molar-refractivity contribution in [1.29, 1.82) is 0 Å². The Morgan fingerprint density at radius 1 is 0.935 bits per heavy atom. The highest BCUT2D eigenvalue weighted by Gasteiger charge is 2.15. The Labute approximate surface area is 183 Å². The molecular weight excluding hydrogens is 418 g/mol. The minimum atomic E-state index is -0.441. The van der Waals surface area contributed by atoms with Crippen LogP contribution in [0, 0.1) is 0 Å². The normalized spacial score (nSPS) is 10.4. The summed E-state index contributed by atoms with van der Waals surface area (Å²) in [6, 6.07) is 15.6. The Bertz CT molecular complexity index is 1070. The fourth-order valence-corrected chi connectivity index (χ4v) is 3.36. The quantitative estimate of drug-likeness (QED) is 0.409. The molecule has 2 N–H and O–H groups in total. The van der Waals surface area contributed by atoms with Gasteiger partial charge in [0.2, 0.25) is 11.8 Å². The van der Waals surface area contributed by atoms with Crippen molar-refractivity contribution in [1.82, 2.24) is 14.8 Å². The van der Waals surface area contributed by atoms with Crippen LogP contribution in [0.5, 0.6) is 0 Å². The van der Waals surface area contributed by atoms with Gasteiger partial charge in [0.1, 0.15) is 5.82 Å². The van der Waals surface area contributed by atoms with E-state index in [1.165, 1.54) is 18.9 Å². The van der Waals surface area contributed by atoms with E-state index < -0.39 is 5.97 Å². The number of methoxy groups -OCH3 is 1. The average Bonchev–Trinajstić information content (AvgIpc) is 3.12. The molecule has 0 saturated heterocycles. The van der Waals surface area contributed by atoms with Crippen molar-refractivity contribution in [2.24, 2.45) is 7.05 Å². The van der Waals surface area contributed by atoms with Crippen molar-refractivity contribution in [3.63, 3.8) is 0 Å². The summed E-state index contributed by atoms with van der Waals surface area (Å²) >= 11 is 1.21. The van der Waals surface area contributed by atoms with E-state index in [9.17, 15) is 14.4 Å². The molecule has 1 aromatic heterocycles. The van der Waals surface area contributed by atoms with Crippen LogP contribution in [0.2, 0.25) is 0 Å². The Morgan fingerprint density at radius 2 is 1.58 bits per heavy atom. The van der Waals surface area contributed by atoms with Crippen LogP contribution in [0.3, 0.4) is 0 Å². The predicted molar refractivity (Wildman–Crippen MR) is 117 cm³/mol. The Hall–Kier alpha value is -3.66. The molecule has 0 aliphatic carbocycles. The van der Waals surface area contributed by atoms with E-state index in [-0.39, 0.29) is 24.0 Å². The van der Waals surface area contributed by atoms with Crippen LogP contribution in [0.4, 0.5) is 11.4 Å². The Morgan fingerprint density at radius 3 is 2.26 bits per heavy atom. The molecule has 160 valence electrons. The molecule has 0 radical (unpaired) electrons. The molecule has 0 saturated carbocycles. The fourth-order valence-electron chi connectivity index (χ4n) is 2.63. The molecule has 10 heteroatoms. The lowest BCUT2D eigenvalue weighted by Gasteiger charge is -2.07. The SMILES string of the molecule is COC(=O)c1ccc(NC(=O)CSc2nnc(CC(=O)Nc3ccccc3)n2C)cc1. The number of carbonyl (C=O) groups excluding carboxylic acids is 3. The summed E-state index contributed by atoms with van der Waals surface area (Å²) in [5.74, 6) is -0.270. The van der Waals surface area contributed by atoms with E-state index in [1.807, 2.05) is 18.2 Å². The van der Waals surface area contributed by atoms with Gasteiger partial charge in [0.05, 0.1) is 24.8 Å². The first-order valence-electron chi connectivity index (χ1n) is 9.30. The smallest absolute Gasteiger partial charge is 0.337 e. The van der Waals surface area contributed by atoms with Crippen molar-refractivity contribution in [3.05, 3.63) is 66.0 Å². The average molecular weight is 439 g/mol. The minimum Gasteiger partial charge on any atom is -0.465 e. The zero-order valence-electron chi connectivity index (χ0n) is 17.0.